The molecule has 0 bridgehead atoms. The van der Waals surface area contributed by atoms with Gasteiger partial charge in [0.25, 0.3) is 0 Å². The summed E-state index contributed by atoms with van der Waals surface area (Å²) in [6.45, 7) is 2.51. The van der Waals surface area contributed by atoms with Crippen molar-refractivity contribution >= 4 is 53.1 Å². The minimum absolute atomic E-state index is 0. The Morgan fingerprint density at radius 1 is 1.16 bits per heavy atom. The van der Waals surface area contributed by atoms with Gasteiger partial charge in [0.2, 0.25) is 5.91 Å². The molecule has 0 unspecified atom stereocenters. The number of aromatic nitrogens is 1. The normalized spacial score (nSPS) is 14.3. The SMILES string of the molecule is CN(C)c1cc(NC(=O)CN2CCCCC2)c2ccccc2n1.Cl.Cl. The molecule has 3 rings (SSSR count). The number of carbonyl (C=O) groups excluding carboxylic acids is 1. The van der Waals surface area contributed by atoms with E-state index in [2.05, 4.69) is 15.2 Å². The van der Waals surface area contributed by atoms with Crippen molar-refractivity contribution in [2.24, 2.45) is 0 Å². The van der Waals surface area contributed by atoms with E-state index in [9.17, 15) is 4.79 Å². The Balaban J connectivity index is 0.00000156. The van der Waals surface area contributed by atoms with E-state index < -0.39 is 0 Å². The Bertz CT molecular complexity index is 703. The average Bonchev–Trinajstić information content (AvgIpc) is 2.55. The molecule has 25 heavy (non-hydrogen) atoms. The molecule has 2 heterocycles. The zero-order chi connectivity index (χ0) is 16.2. The number of anilines is 2. The fraction of sp³-hybridized carbons (Fsp3) is 0.444. The van der Waals surface area contributed by atoms with Crippen LogP contribution in [0.1, 0.15) is 19.3 Å². The summed E-state index contributed by atoms with van der Waals surface area (Å²) in [5.74, 6) is 0.893. The molecule has 1 aliphatic heterocycles. The number of rotatable bonds is 4. The van der Waals surface area contributed by atoms with E-state index >= 15 is 0 Å². The van der Waals surface area contributed by atoms with Gasteiger partial charge in [0.1, 0.15) is 5.82 Å². The second-order valence-corrected chi connectivity index (χ2v) is 6.32. The van der Waals surface area contributed by atoms with Crippen molar-refractivity contribution in [3.8, 4) is 0 Å². The zero-order valence-corrected chi connectivity index (χ0v) is 16.3. The van der Waals surface area contributed by atoms with Crippen molar-refractivity contribution in [2.45, 2.75) is 19.3 Å². The van der Waals surface area contributed by atoms with Crippen LogP contribution >= 0.6 is 24.8 Å². The van der Waals surface area contributed by atoms with Crippen LogP contribution in [-0.4, -0.2) is 49.5 Å². The molecule has 0 saturated carbocycles. The van der Waals surface area contributed by atoms with Crippen molar-refractivity contribution in [2.75, 3.05) is 43.9 Å². The van der Waals surface area contributed by atoms with Gasteiger partial charge in [0.15, 0.2) is 0 Å². The highest BCUT2D eigenvalue weighted by Gasteiger charge is 2.15. The van der Waals surface area contributed by atoms with Gasteiger partial charge in [-0.15, -0.1) is 24.8 Å². The molecule has 1 aliphatic rings. The van der Waals surface area contributed by atoms with Gasteiger partial charge in [-0.2, -0.15) is 0 Å². The molecule has 1 aromatic carbocycles. The van der Waals surface area contributed by atoms with Gasteiger partial charge in [0.05, 0.1) is 17.7 Å². The van der Waals surface area contributed by atoms with Gasteiger partial charge >= 0.3 is 0 Å². The van der Waals surface area contributed by atoms with E-state index in [1.54, 1.807) is 0 Å². The molecule has 0 atom stereocenters. The molecule has 0 spiro atoms. The van der Waals surface area contributed by atoms with Crippen molar-refractivity contribution in [3.05, 3.63) is 30.3 Å². The van der Waals surface area contributed by atoms with Crippen LogP contribution < -0.4 is 10.2 Å². The lowest BCUT2D eigenvalue weighted by Gasteiger charge is -2.25. The van der Waals surface area contributed by atoms with E-state index in [1.165, 1.54) is 19.3 Å². The zero-order valence-electron chi connectivity index (χ0n) is 14.7. The number of amides is 1. The number of halogens is 2. The van der Waals surface area contributed by atoms with Crippen molar-refractivity contribution in [1.82, 2.24) is 9.88 Å². The van der Waals surface area contributed by atoms with Gasteiger partial charge < -0.3 is 10.2 Å². The van der Waals surface area contributed by atoms with E-state index in [0.717, 1.165) is 35.5 Å². The Hall–Kier alpha value is -1.56. The number of nitrogens with one attached hydrogen (secondary N) is 1. The maximum atomic E-state index is 12.4. The minimum Gasteiger partial charge on any atom is -0.363 e. The van der Waals surface area contributed by atoms with E-state index in [0.29, 0.717) is 6.54 Å². The molecular weight excluding hydrogens is 359 g/mol. The molecule has 1 N–H and O–H groups in total. The Labute approximate surface area is 161 Å². The average molecular weight is 385 g/mol. The second kappa shape index (κ2) is 9.80. The predicted molar refractivity (Wildman–Crippen MR) is 109 cm³/mol. The lowest BCUT2D eigenvalue weighted by molar-refractivity contribution is -0.117. The van der Waals surface area contributed by atoms with Crippen LogP contribution in [0.4, 0.5) is 11.5 Å². The quantitative estimate of drug-likeness (QED) is 0.874. The van der Waals surface area contributed by atoms with Gasteiger partial charge in [0, 0.05) is 25.5 Å². The first kappa shape index (κ1) is 21.5. The monoisotopic (exact) mass is 384 g/mol. The molecular formula is C18H26Cl2N4O. The number of hydrogen-bond acceptors (Lipinski definition) is 4. The van der Waals surface area contributed by atoms with Crippen molar-refractivity contribution in [1.29, 1.82) is 0 Å². The highest BCUT2D eigenvalue weighted by atomic mass is 35.5. The number of para-hydroxylation sites is 1. The number of nitrogens with zero attached hydrogens (tertiary/aromatic N) is 3. The summed E-state index contributed by atoms with van der Waals surface area (Å²) in [5, 5.41) is 4.06. The molecule has 1 fully saturated rings. The highest BCUT2D eigenvalue weighted by molar-refractivity contribution is 6.02. The summed E-state index contributed by atoms with van der Waals surface area (Å²) >= 11 is 0. The van der Waals surface area contributed by atoms with Crippen molar-refractivity contribution < 1.29 is 4.79 Å². The van der Waals surface area contributed by atoms with Gasteiger partial charge in [-0.3, -0.25) is 9.69 Å². The fourth-order valence-corrected chi connectivity index (χ4v) is 3.00. The molecule has 0 aliphatic carbocycles. The lowest BCUT2D eigenvalue weighted by Crippen LogP contribution is -2.36. The van der Waals surface area contributed by atoms with Crippen LogP contribution in [-0.2, 0) is 4.79 Å². The van der Waals surface area contributed by atoms with Crippen LogP contribution in [0.15, 0.2) is 30.3 Å². The summed E-state index contributed by atoms with van der Waals surface area (Å²) in [4.78, 5) is 21.2. The number of benzene rings is 1. The lowest BCUT2D eigenvalue weighted by atomic mass is 10.1. The molecule has 7 heteroatoms. The number of pyridine rings is 1. The molecule has 5 nitrogen and oxygen atoms in total. The van der Waals surface area contributed by atoms with Crippen LogP contribution in [0.2, 0.25) is 0 Å². The number of fused-ring (bicyclic) bond motifs is 1. The smallest absolute Gasteiger partial charge is 0.238 e. The molecule has 2 aromatic rings. The predicted octanol–water partition coefficient (Wildman–Crippen LogP) is 3.57. The van der Waals surface area contributed by atoms with Gasteiger partial charge in [-0.1, -0.05) is 24.6 Å². The summed E-state index contributed by atoms with van der Waals surface area (Å²) in [6, 6.07) is 9.85. The Morgan fingerprint density at radius 3 is 2.52 bits per heavy atom. The Morgan fingerprint density at radius 2 is 1.84 bits per heavy atom. The number of likely N-dealkylation sites (tertiary alicyclic amines) is 1. The van der Waals surface area contributed by atoms with Crippen LogP contribution in [0.25, 0.3) is 10.9 Å². The number of piperidine rings is 1. The molecule has 1 aromatic heterocycles. The van der Waals surface area contributed by atoms with Crippen LogP contribution in [0.5, 0.6) is 0 Å². The third-order valence-electron chi connectivity index (χ3n) is 4.25. The first-order valence-corrected chi connectivity index (χ1v) is 8.23. The van der Waals surface area contributed by atoms with Gasteiger partial charge in [-0.25, -0.2) is 4.98 Å². The highest BCUT2D eigenvalue weighted by Crippen LogP contribution is 2.26. The molecule has 0 radical (unpaired) electrons. The summed E-state index contributed by atoms with van der Waals surface area (Å²) in [5.41, 5.74) is 1.73. The topological polar surface area (TPSA) is 48.5 Å². The van der Waals surface area contributed by atoms with Gasteiger partial charge in [-0.05, 0) is 32.0 Å². The van der Waals surface area contributed by atoms with Crippen LogP contribution in [0.3, 0.4) is 0 Å². The van der Waals surface area contributed by atoms with E-state index in [4.69, 9.17) is 0 Å². The molecule has 138 valence electrons. The summed E-state index contributed by atoms with van der Waals surface area (Å²) in [7, 11) is 3.91. The summed E-state index contributed by atoms with van der Waals surface area (Å²) < 4.78 is 0. The van der Waals surface area contributed by atoms with E-state index in [1.807, 2.05) is 49.3 Å². The first-order chi connectivity index (χ1) is 11.1. The second-order valence-electron chi connectivity index (χ2n) is 6.32. The molecule has 1 saturated heterocycles. The van der Waals surface area contributed by atoms with E-state index in [-0.39, 0.29) is 30.7 Å². The first-order valence-electron chi connectivity index (χ1n) is 8.23. The Kier molecular flexibility index (Phi) is 8.42. The maximum Gasteiger partial charge on any atom is 0.238 e. The summed E-state index contributed by atoms with van der Waals surface area (Å²) in [6.07, 6.45) is 3.66. The third kappa shape index (κ3) is 5.46. The minimum atomic E-state index is 0. The largest absolute Gasteiger partial charge is 0.363 e. The van der Waals surface area contributed by atoms with Crippen LogP contribution in [0, 0.1) is 0 Å². The molecule has 1 amide bonds. The number of hydrogen-bond donors (Lipinski definition) is 1. The maximum absolute atomic E-state index is 12.4. The number of carbonyl (C=O) groups is 1. The third-order valence-corrected chi connectivity index (χ3v) is 4.25. The van der Waals surface area contributed by atoms with Crippen molar-refractivity contribution in [3.63, 3.8) is 0 Å². The standard InChI is InChI=1S/C18H24N4O.2ClH/c1-21(2)17-12-16(14-8-4-5-9-15(14)19-17)20-18(23)13-22-10-6-3-7-11-22;;/h4-5,8-9,12H,3,6-7,10-11,13H2,1-2H3,(H,19,20,23);2*1H. The fourth-order valence-electron chi connectivity index (χ4n) is 3.00.